The molecule has 0 amide bonds. The Kier molecular flexibility index (Phi) is 3.02. The maximum Gasteiger partial charge on any atom is 0.160 e. The summed E-state index contributed by atoms with van der Waals surface area (Å²) in [4.78, 5) is 9.93. The van der Waals surface area contributed by atoms with Crippen LogP contribution in [0.4, 0.5) is 0 Å². The van der Waals surface area contributed by atoms with Gasteiger partial charge in [0.15, 0.2) is 5.82 Å². The van der Waals surface area contributed by atoms with E-state index in [0.29, 0.717) is 0 Å². The molecule has 2 rings (SSSR count). The lowest BCUT2D eigenvalue weighted by Crippen LogP contribution is -1.91. The molecule has 1 aromatic carbocycles. The lowest BCUT2D eigenvalue weighted by molar-refractivity contribution is 1.10. The van der Waals surface area contributed by atoms with Crippen LogP contribution in [0, 0.1) is 6.92 Å². The first-order valence-corrected chi connectivity index (χ1v) is 5.97. The number of nitrogens with zero attached hydrogens (tertiary/aromatic N) is 2. The van der Waals surface area contributed by atoms with Crippen LogP contribution in [-0.4, -0.2) is 16.2 Å². The van der Waals surface area contributed by atoms with Crippen LogP contribution in [0.15, 0.2) is 41.4 Å². The van der Waals surface area contributed by atoms with Crippen LogP contribution in [0.3, 0.4) is 0 Å². The number of thioether (sulfide) groups is 1. The van der Waals surface area contributed by atoms with Crippen molar-refractivity contribution in [2.24, 2.45) is 0 Å². The molecule has 0 N–H and O–H groups in total. The number of benzene rings is 1. The van der Waals surface area contributed by atoms with E-state index < -0.39 is 0 Å². The molecule has 2 nitrogen and oxygen atoms in total. The van der Waals surface area contributed by atoms with Gasteiger partial charge in [0.1, 0.15) is 0 Å². The smallest absolute Gasteiger partial charge is 0.160 e. The summed E-state index contributed by atoms with van der Waals surface area (Å²) in [5.74, 6) is 0.806. The Morgan fingerprint density at radius 2 is 1.93 bits per heavy atom. The van der Waals surface area contributed by atoms with Crippen molar-refractivity contribution >= 4 is 11.8 Å². The Hall–Kier alpha value is -1.35. The molecule has 0 bridgehead atoms. The van der Waals surface area contributed by atoms with Gasteiger partial charge in [0.25, 0.3) is 0 Å². The molecule has 0 unspecified atom stereocenters. The van der Waals surface area contributed by atoms with E-state index in [1.807, 2.05) is 25.1 Å². The zero-order valence-corrected chi connectivity index (χ0v) is 9.58. The predicted octanol–water partition coefficient (Wildman–Crippen LogP) is 3.17. The quantitative estimate of drug-likeness (QED) is 0.721. The molecular weight excluding hydrogens is 204 g/mol. The molecule has 0 atom stereocenters. The summed E-state index contributed by atoms with van der Waals surface area (Å²) in [6.07, 6.45) is 3.86. The third-order valence-corrected chi connectivity index (χ3v) is 2.94. The second-order valence-corrected chi connectivity index (χ2v) is 4.07. The van der Waals surface area contributed by atoms with Crippen LogP contribution in [-0.2, 0) is 0 Å². The summed E-state index contributed by atoms with van der Waals surface area (Å²) >= 11 is 1.72. The summed E-state index contributed by atoms with van der Waals surface area (Å²) in [6.45, 7) is 1.98. The van der Waals surface area contributed by atoms with Gasteiger partial charge >= 0.3 is 0 Å². The minimum absolute atomic E-state index is 0.806. The van der Waals surface area contributed by atoms with Crippen molar-refractivity contribution in [2.45, 2.75) is 11.8 Å². The Morgan fingerprint density at radius 3 is 2.67 bits per heavy atom. The van der Waals surface area contributed by atoms with Crippen LogP contribution in [0.2, 0.25) is 0 Å². The molecule has 0 saturated carbocycles. The molecule has 0 saturated heterocycles. The first kappa shape index (κ1) is 10.2. The lowest BCUT2D eigenvalue weighted by Gasteiger charge is -2.05. The van der Waals surface area contributed by atoms with Gasteiger partial charge in [-0.05, 0) is 25.3 Å². The van der Waals surface area contributed by atoms with Gasteiger partial charge in [-0.1, -0.05) is 18.2 Å². The fraction of sp³-hybridized carbons (Fsp3) is 0.167. The highest BCUT2D eigenvalue weighted by molar-refractivity contribution is 7.98. The van der Waals surface area contributed by atoms with Crippen molar-refractivity contribution in [2.75, 3.05) is 6.26 Å². The minimum atomic E-state index is 0.806. The number of hydrogen-bond donors (Lipinski definition) is 0. The Balaban J connectivity index is 2.53. The van der Waals surface area contributed by atoms with E-state index in [4.69, 9.17) is 0 Å². The number of aromatic nitrogens is 2. The van der Waals surface area contributed by atoms with Crippen LogP contribution < -0.4 is 0 Å². The number of aryl methyl sites for hydroxylation is 1. The molecule has 0 aliphatic heterocycles. The van der Waals surface area contributed by atoms with Crippen molar-refractivity contribution in [3.05, 3.63) is 42.2 Å². The predicted molar refractivity (Wildman–Crippen MR) is 64.0 cm³/mol. The van der Waals surface area contributed by atoms with Crippen molar-refractivity contribution in [1.29, 1.82) is 0 Å². The number of hydrogen-bond acceptors (Lipinski definition) is 3. The molecule has 0 aliphatic rings. The summed E-state index contributed by atoms with van der Waals surface area (Å²) in [7, 11) is 0. The maximum atomic E-state index is 4.43. The van der Waals surface area contributed by atoms with E-state index in [0.717, 1.165) is 17.1 Å². The molecule has 76 valence electrons. The van der Waals surface area contributed by atoms with Gasteiger partial charge in [-0.3, -0.25) is 0 Å². The van der Waals surface area contributed by atoms with Gasteiger partial charge in [-0.15, -0.1) is 11.8 Å². The van der Waals surface area contributed by atoms with Crippen LogP contribution in [0.5, 0.6) is 0 Å². The highest BCUT2D eigenvalue weighted by Crippen LogP contribution is 2.27. The Bertz CT molecular complexity index is 469. The van der Waals surface area contributed by atoms with E-state index in [-0.39, 0.29) is 0 Å². The normalized spacial score (nSPS) is 10.3. The van der Waals surface area contributed by atoms with Gasteiger partial charge in [-0.2, -0.15) is 0 Å². The summed E-state index contributed by atoms with van der Waals surface area (Å²) in [5.41, 5.74) is 2.10. The molecular formula is C12H12N2S. The first-order valence-electron chi connectivity index (χ1n) is 4.74. The zero-order valence-electron chi connectivity index (χ0n) is 8.77. The van der Waals surface area contributed by atoms with Gasteiger partial charge in [-0.25, -0.2) is 9.97 Å². The highest BCUT2D eigenvalue weighted by Gasteiger charge is 2.05. The standard InChI is InChI=1S/C12H12N2S/c1-9-7-8-13-12(14-9)10-5-3-4-6-11(10)15-2/h3-8H,1-2H3. The number of rotatable bonds is 2. The van der Waals surface area contributed by atoms with Gasteiger partial charge in [0.05, 0.1) is 0 Å². The van der Waals surface area contributed by atoms with Crippen molar-refractivity contribution in [3.63, 3.8) is 0 Å². The molecule has 1 aromatic heterocycles. The van der Waals surface area contributed by atoms with Crippen molar-refractivity contribution in [1.82, 2.24) is 9.97 Å². The van der Waals surface area contributed by atoms with Gasteiger partial charge in [0, 0.05) is 22.3 Å². The third kappa shape index (κ3) is 2.18. The van der Waals surface area contributed by atoms with E-state index >= 15 is 0 Å². The maximum absolute atomic E-state index is 4.43. The van der Waals surface area contributed by atoms with Gasteiger partial charge in [0.2, 0.25) is 0 Å². The molecule has 2 aromatic rings. The average Bonchev–Trinajstić information content (AvgIpc) is 2.29. The molecule has 1 heterocycles. The summed E-state index contributed by atoms with van der Waals surface area (Å²) in [5, 5.41) is 0. The average molecular weight is 216 g/mol. The largest absolute Gasteiger partial charge is 0.237 e. The van der Waals surface area contributed by atoms with Crippen LogP contribution >= 0.6 is 11.8 Å². The monoisotopic (exact) mass is 216 g/mol. The van der Waals surface area contributed by atoms with Gasteiger partial charge < -0.3 is 0 Å². The van der Waals surface area contributed by atoms with Crippen molar-refractivity contribution in [3.8, 4) is 11.4 Å². The molecule has 15 heavy (non-hydrogen) atoms. The zero-order chi connectivity index (χ0) is 10.7. The van der Waals surface area contributed by atoms with E-state index in [2.05, 4.69) is 28.4 Å². The fourth-order valence-electron chi connectivity index (χ4n) is 1.41. The molecule has 0 aliphatic carbocycles. The van der Waals surface area contributed by atoms with Crippen molar-refractivity contribution < 1.29 is 0 Å². The second kappa shape index (κ2) is 4.45. The van der Waals surface area contributed by atoms with E-state index in [9.17, 15) is 0 Å². The lowest BCUT2D eigenvalue weighted by atomic mass is 10.2. The molecule has 0 spiro atoms. The SMILES string of the molecule is CSc1ccccc1-c1nccc(C)n1. The van der Waals surface area contributed by atoms with Crippen LogP contribution in [0.1, 0.15) is 5.69 Å². The summed E-state index contributed by atoms with van der Waals surface area (Å²) in [6, 6.07) is 10.1. The Morgan fingerprint density at radius 1 is 1.13 bits per heavy atom. The summed E-state index contributed by atoms with van der Waals surface area (Å²) < 4.78 is 0. The highest BCUT2D eigenvalue weighted by atomic mass is 32.2. The second-order valence-electron chi connectivity index (χ2n) is 3.22. The topological polar surface area (TPSA) is 25.8 Å². The molecule has 0 fully saturated rings. The minimum Gasteiger partial charge on any atom is -0.237 e. The van der Waals surface area contributed by atoms with E-state index in [1.165, 1.54) is 4.90 Å². The molecule has 0 radical (unpaired) electrons. The molecule has 3 heteroatoms. The Labute approximate surface area is 93.8 Å². The van der Waals surface area contributed by atoms with Crippen LogP contribution in [0.25, 0.3) is 11.4 Å². The first-order chi connectivity index (χ1) is 7.31. The fourth-order valence-corrected chi connectivity index (χ4v) is 2.00. The third-order valence-electron chi connectivity index (χ3n) is 2.14. The van der Waals surface area contributed by atoms with E-state index in [1.54, 1.807) is 18.0 Å².